The van der Waals surface area contributed by atoms with E-state index in [1.54, 1.807) is 14.2 Å². The first-order valence-corrected chi connectivity index (χ1v) is 7.94. The number of alkyl halides is 1. The van der Waals surface area contributed by atoms with Gasteiger partial charge in [-0.3, -0.25) is 0 Å². The zero-order valence-corrected chi connectivity index (χ0v) is 13.9. The number of halogens is 2. The Kier molecular flexibility index (Phi) is 5.02. The fraction of sp³-hybridized carbons (Fsp3) is 0.600. The molecule has 0 radical (unpaired) electrons. The second kappa shape index (κ2) is 6.36. The topological polar surface area (TPSA) is 18.5 Å². The maximum atomic E-state index is 6.33. The van der Waals surface area contributed by atoms with E-state index in [4.69, 9.17) is 21.1 Å². The van der Waals surface area contributed by atoms with Gasteiger partial charge in [-0.2, -0.15) is 0 Å². The van der Waals surface area contributed by atoms with Gasteiger partial charge in [0.05, 0.1) is 14.2 Å². The summed E-state index contributed by atoms with van der Waals surface area (Å²) in [5.41, 5.74) is 1.12. The molecule has 1 aliphatic carbocycles. The molecule has 4 heteroatoms. The molecule has 1 fully saturated rings. The summed E-state index contributed by atoms with van der Waals surface area (Å²) in [6.45, 7) is 2.32. The first-order chi connectivity index (χ1) is 9.10. The lowest BCUT2D eigenvalue weighted by Crippen LogP contribution is -2.11. The zero-order valence-electron chi connectivity index (χ0n) is 11.6. The quantitative estimate of drug-likeness (QED) is 0.694. The summed E-state index contributed by atoms with van der Waals surface area (Å²) >= 11 is 10.2. The van der Waals surface area contributed by atoms with Crippen LogP contribution in [-0.4, -0.2) is 14.2 Å². The maximum absolute atomic E-state index is 6.33. The van der Waals surface area contributed by atoms with E-state index in [0.29, 0.717) is 16.7 Å². The third kappa shape index (κ3) is 2.87. The van der Waals surface area contributed by atoms with Gasteiger partial charge >= 0.3 is 0 Å². The van der Waals surface area contributed by atoms with E-state index in [1.807, 2.05) is 12.1 Å². The van der Waals surface area contributed by atoms with E-state index in [0.717, 1.165) is 17.2 Å². The van der Waals surface area contributed by atoms with E-state index >= 15 is 0 Å². The van der Waals surface area contributed by atoms with E-state index in [9.17, 15) is 0 Å². The van der Waals surface area contributed by atoms with Gasteiger partial charge in [-0.1, -0.05) is 53.4 Å². The van der Waals surface area contributed by atoms with Crippen LogP contribution in [-0.2, 0) is 0 Å². The Bertz CT molecular complexity index is 450. The normalized spacial score (nSPS) is 24.3. The molecule has 19 heavy (non-hydrogen) atoms. The van der Waals surface area contributed by atoms with Gasteiger partial charge in [-0.25, -0.2) is 0 Å². The van der Waals surface area contributed by atoms with Crippen molar-refractivity contribution in [3.8, 4) is 11.5 Å². The van der Waals surface area contributed by atoms with Crippen molar-refractivity contribution in [3.05, 3.63) is 22.7 Å². The molecule has 2 rings (SSSR count). The third-order valence-corrected chi connectivity index (χ3v) is 5.65. The number of hydrogen-bond acceptors (Lipinski definition) is 2. The maximum Gasteiger partial charge on any atom is 0.145 e. The zero-order chi connectivity index (χ0) is 14.0. The molecule has 0 aromatic heterocycles. The van der Waals surface area contributed by atoms with Gasteiger partial charge in [-0.05, 0) is 24.3 Å². The van der Waals surface area contributed by atoms with Crippen LogP contribution in [0.2, 0.25) is 5.02 Å². The Morgan fingerprint density at radius 3 is 2.53 bits per heavy atom. The molecule has 1 aromatic carbocycles. The summed E-state index contributed by atoms with van der Waals surface area (Å²) in [6.07, 6.45) is 3.86. The Morgan fingerprint density at radius 2 is 2.00 bits per heavy atom. The summed E-state index contributed by atoms with van der Waals surface area (Å²) < 4.78 is 10.7. The molecule has 106 valence electrons. The summed E-state index contributed by atoms with van der Waals surface area (Å²) in [6, 6.07) is 3.96. The van der Waals surface area contributed by atoms with Crippen molar-refractivity contribution in [2.45, 2.75) is 31.0 Å². The van der Waals surface area contributed by atoms with E-state index < -0.39 is 0 Å². The van der Waals surface area contributed by atoms with Crippen molar-refractivity contribution >= 4 is 27.5 Å². The fourth-order valence-corrected chi connectivity index (χ4v) is 4.45. The van der Waals surface area contributed by atoms with Crippen molar-refractivity contribution in [1.29, 1.82) is 0 Å². The van der Waals surface area contributed by atoms with Crippen LogP contribution in [0.4, 0.5) is 0 Å². The summed E-state index contributed by atoms with van der Waals surface area (Å²) in [5, 5.41) is 0.553. The molecule has 2 nitrogen and oxygen atoms in total. The number of ether oxygens (including phenoxy) is 2. The predicted octanol–water partition coefficient (Wildman–Crippen LogP) is 5.23. The van der Waals surface area contributed by atoms with Crippen molar-refractivity contribution in [3.63, 3.8) is 0 Å². The number of rotatable bonds is 4. The third-order valence-electron chi connectivity index (χ3n) is 4.12. The van der Waals surface area contributed by atoms with Crippen LogP contribution >= 0.6 is 27.5 Å². The predicted molar refractivity (Wildman–Crippen MR) is 82.7 cm³/mol. The van der Waals surface area contributed by atoms with Crippen LogP contribution in [0.25, 0.3) is 0 Å². The number of benzene rings is 1. The van der Waals surface area contributed by atoms with Crippen molar-refractivity contribution < 1.29 is 9.47 Å². The van der Waals surface area contributed by atoms with E-state index in [-0.39, 0.29) is 4.83 Å². The molecule has 0 aliphatic heterocycles. The van der Waals surface area contributed by atoms with Crippen LogP contribution in [0.15, 0.2) is 12.1 Å². The largest absolute Gasteiger partial charge is 0.495 e. The SMILES string of the molecule is COc1ccc(C(Br)C2CCCC2C)c(OC)c1Cl. The highest BCUT2D eigenvalue weighted by Gasteiger charge is 2.32. The lowest BCUT2D eigenvalue weighted by atomic mass is 9.90. The molecule has 0 spiro atoms. The molecule has 0 saturated heterocycles. The molecular formula is C15H20BrClO2. The molecule has 1 saturated carbocycles. The van der Waals surface area contributed by atoms with Crippen LogP contribution in [0.1, 0.15) is 36.6 Å². The van der Waals surface area contributed by atoms with Crippen LogP contribution < -0.4 is 9.47 Å². The van der Waals surface area contributed by atoms with Gasteiger partial charge in [0.2, 0.25) is 0 Å². The van der Waals surface area contributed by atoms with Crippen molar-refractivity contribution in [2.24, 2.45) is 11.8 Å². The fourth-order valence-electron chi connectivity index (χ4n) is 2.97. The van der Waals surface area contributed by atoms with Crippen LogP contribution in [0, 0.1) is 11.8 Å². The minimum atomic E-state index is 0.281. The Morgan fingerprint density at radius 1 is 1.26 bits per heavy atom. The molecule has 3 unspecified atom stereocenters. The van der Waals surface area contributed by atoms with Crippen molar-refractivity contribution in [2.75, 3.05) is 14.2 Å². The molecule has 1 aromatic rings. The Labute approximate surface area is 128 Å². The Hall–Kier alpha value is -0.410. The van der Waals surface area contributed by atoms with Crippen LogP contribution in [0.3, 0.4) is 0 Å². The summed E-state index contributed by atoms with van der Waals surface area (Å²) in [5.74, 6) is 2.75. The Balaban J connectivity index is 2.36. The van der Waals surface area contributed by atoms with E-state index in [2.05, 4.69) is 22.9 Å². The lowest BCUT2D eigenvalue weighted by Gasteiger charge is -2.24. The van der Waals surface area contributed by atoms with Gasteiger partial charge in [0.15, 0.2) is 0 Å². The van der Waals surface area contributed by atoms with Crippen molar-refractivity contribution in [1.82, 2.24) is 0 Å². The second-order valence-corrected chi connectivity index (χ2v) is 6.54. The van der Waals surface area contributed by atoms with Gasteiger partial charge in [0, 0.05) is 10.4 Å². The number of hydrogen-bond donors (Lipinski definition) is 0. The molecule has 0 heterocycles. The van der Waals surface area contributed by atoms with Gasteiger partial charge < -0.3 is 9.47 Å². The molecule has 0 N–H and O–H groups in total. The monoisotopic (exact) mass is 346 g/mol. The molecule has 3 atom stereocenters. The molecular weight excluding hydrogens is 328 g/mol. The minimum Gasteiger partial charge on any atom is -0.495 e. The average molecular weight is 348 g/mol. The van der Waals surface area contributed by atoms with Gasteiger partial charge in [-0.15, -0.1) is 0 Å². The highest BCUT2D eigenvalue weighted by molar-refractivity contribution is 9.09. The average Bonchev–Trinajstić information content (AvgIpc) is 2.83. The highest BCUT2D eigenvalue weighted by Crippen LogP contribution is 2.49. The first-order valence-electron chi connectivity index (χ1n) is 6.64. The smallest absolute Gasteiger partial charge is 0.145 e. The molecule has 0 bridgehead atoms. The van der Waals surface area contributed by atoms with Gasteiger partial charge in [0.25, 0.3) is 0 Å². The first kappa shape index (κ1) is 15.0. The van der Waals surface area contributed by atoms with Gasteiger partial charge in [0.1, 0.15) is 16.5 Å². The summed E-state index contributed by atoms with van der Waals surface area (Å²) in [7, 11) is 3.27. The molecule has 1 aliphatic rings. The highest BCUT2D eigenvalue weighted by atomic mass is 79.9. The standard InChI is InChI=1S/C15H20BrClO2/c1-9-5-4-6-10(9)13(16)11-7-8-12(18-2)14(17)15(11)19-3/h7-10,13H,4-6H2,1-3H3. The number of methoxy groups -OCH3 is 2. The summed E-state index contributed by atoms with van der Waals surface area (Å²) in [4.78, 5) is 0.281. The minimum absolute atomic E-state index is 0.281. The second-order valence-electron chi connectivity index (χ2n) is 5.18. The van der Waals surface area contributed by atoms with E-state index in [1.165, 1.54) is 19.3 Å². The van der Waals surface area contributed by atoms with Crippen LogP contribution in [0.5, 0.6) is 11.5 Å². The molecule has 0 amide bonds. The lowest BCUT2D eigenvalue weighted by molar-refractivity contribution is 0.376.